The molecule has 2 aliphatic heterocycles. The van der Waals surface area contributed by atoms with Gasteiger partial charge in [0.2, 0.25) is 11.8 Å². The van der Waals surface area contributed by atoms with Crippen LogP contribution in [0, 0.1) is 11.8 Å². The van der Waals surface area contributed by atoms with Gasteiger partial charge in [0.25, 0.3) is 0 Å². The summed E-state index contributed by atoms with van der Waals surface area (Å²) in [4.78, 5) is 32.6. The van der Waals surface area contributed by atoms with Crippen molar-refractivity contribution in [2.75, 3.05) is 40.3 Å². The van der Waals surface area contributed by atoms with Crippen LogP contribution in [0.25, 0.3) is 0 Å². The van der Waals surface area contributed by atoms with Crippen molar-refractivity contribution in [1.82, 2.24) is 14.7 Å². The molecule has 6 nitrogen and oxygen atoms in total. The van der Waals surface area contributed by atoms with E-state index >= 15 is 0 Å². The van der Waals surface area contributed by atoms with Gasteiger partial charge in [-0.05, 0) is 56.7 Å². The fraction of sp³-hybridized carbons (Fsp3) is 0.500. The summed E-state index contributed by atoms with van der Waals surface area (Å²) in [5.74, 6) is 0.992. The van der Waals surface area contributed by atoms with Crippen LogP contribution in [0.5, 0.6) is 5.75 Å². The van der Waals surface area contributed by atoms with Crippen LogP contribution in [0.4, 0.5) is 0 Å². The molecule has 0 spiro atoms. The highest BCUT2D eigenvalue weighted by atomic mass is 35.5. The van der Waals surface area contributed by atoms with Crippen molar-refractivity contribution in [3.05, 3.63) is 65.2 Å². The SMILES string of the molecule is CN1CCC(C(=O)N2CC[C@H](Oc3cccc(Cl)c3)[C@@H](CC(=O)N(C)Cc3ccccc3)C2)CC1. The molecule has 0 aliphatic carbocycles. The summed E-state index contributed by atoms with van der Waals surface area (Å²) in [6, 6.07) is 17.4. The summed E-state index contributed by atoms with van der Waals surface area (Å²) in [6.07, 6.45) is 2.69. The number of piperidine rings is 2. The number of carbonyl (C=O) groups is 2. The molecule has 0 unspecified atom stereocenters. The van der Waals surface area contributed by atoms with E-state index in [9.17, 15) is 9.59 Å². The molecule has 2 aromatic rings. The average Bonchev–Trinajstić information content (AvgIpc) is 2.85. The van der Waals surface area contributed by atoms with E-state index in [0.717, 1.165) is 31.5 Å². The van der Waals surface area contributed by atoms with Gasteiger partial charge in [-0.15, -0.1) is 0 Å². The second-order valence-electron chi connectivity index (χ2n) is 9.96. The first-order valence-corrected chi connectivity index (χ1v) is 12.9. The van der Waals surface area contributed by atoms with Crippen LogP contribution in [0.1, 0.15) is 31.2 Å². The van der Waals surface area contributed by atoms with Crippen molar-refractivity contribution in [2.45, 2.75) is 38.3 Å². The van der Waals surface area contributed by atoms with Crippen LogP contribution in [0.3, 0.4) is 0 Å². The Labute approximate surface area is 213 Å². The molecule has 2 saturated heterocycles. The minimum Gasteiger partial charge on any atom is -0.490 e. The first-order chi connectivity index (χ1) is 16.9. The van der Waals surface area contributed by atoms with Crippen LogP contribution in [-0.4, -0.2) is 72.9 Å². The van der Waals surface area contributed by atoms with Crippen LogP contribution >= 0.6 is 11.6 Å². The zero-order chi connectivity index (χ0) is 24.8. The smallest absolute Gasteiger partial charge is 0.225 e. The van der Waals surface area contributed by atoms with Gasteiger partial charge in [0, 0.05) is 56.4 Å². The highest BCUT2D eigenvalue weighted by Crippen LogP contribution is 2.29. The maximum Gasteiger partial charge on any atom is 0.225 e. The molecule has 2 aromatic carbocycles. The van der Waals surface area contributed by atoms with Crippen molar-refractivity contribution >= 4 is 23.4 Å². The Morgan fingerprint density at radius 1 is 1.03 bits per heavy atom. The molecule has 0 radical (unpaired) electrons. The molecule has 0 saturated carbocycles. The number of rotatable bonds is 7. The Kier molecular flexibility index (Phi) is 8.69. The third-order valence-electron chi connectivity index (χ3n) is 7.25. The minimum atomic E-state index is -0.149. The third-order valence-corrected chi connectivity index (χ3v) is 7.49. The zero-order valence-electron chi connectivity index (χ0n) is 20.7. The van der Waals surface area contributed by atoms with Gasteiger partial charge in [-0.1, -0.05) is 48.0 Å². The average molecular weight is 498 g/mol. The normalized spacial score (nSPS) is 21.5. The Bertz CT molecular complexity index is 994. The summed E-state index contributed by atoms with van der Waals surface area (Å²) in [7, 11) is 3.94. The Morgan fingerprint density at radius 3 is 2.49 bits per heavy atom. The number of hydrogen-bond acceptors (Lipinski definition) is 4. The monoisotopic (exact) mass is 497 g/mol. The van der Waals surface area contributed by atoms with Gasteiger partial charge in [0.15, 0.2) is 0 Å². The summed E-state index contributed by atoms with van der Waals surface area (Å²) < 4.78 is 6.34. The fourth-order valence-corrected chi connectivity index (χ4v) is 5.30. The van der Waals surface area contributed by atoms with E-state index < -0.39 is 0 Å². The lowest BCUT2D eigenvalue weighted by molar-refractivity contribution is -0.143. The molecule has 2 amide bonds. The molecule has 2 heterocycles. The maximum absolute atomic E-state index is 13.3. The number of amides is 2. The van der Waals surface area contributed by atoms with E-state index in [-0.39, 0.29) is 29.8 Å². The molecule has 35 heavy (non-hydrogen) atoms. The Balaban J connectivity index is 1.44. The predicted octanol–water partition coefficient (Wildman–Crippen LogP) is 4.33. The second kappa shape index (κ2) is 11.9. The van der Waals surface area contributed by atoms with Gasteiger partial charge in [-0.25, -0.2) is 0 Å². The maximum atomic E-state index is 13.3. The van der Waals surface area contributed by atoms with Crippen LogP contribution in [0.15, 0.2) is 54.6 Å². The lowest BCUT2D eigenvalue weighted by Gasteiger charge is -2.41. The largest absolute Gasteiger partial charge is 0.490 e. The summed E-state index contributed by atoms with van der Waals surface area (Å²) in [6.45, 7) is 3.67. The number of halogens is 1. The number of likely N-dealkylation sites (tertiary alicyclic amines) is 2. The van der Waals surface area contributed by atoms with Gasteiger partial charge < -0.3 is 19.4 Å². The molecular weight excluding hydrogens is 462 g/mol. The van der Waals surface area contributed by atoms with Gasteiger partial charge in [-0.3, -0.25) is 9.59 Å². The molecule has 2 fully saturated rings. The van der Waals surface area contributed by atoms with Crippen molar-refractivity contribution in [1.29, 1.82) is 0 Å². The molecule has 188 valence electrons. The summed E-state index contributed by atoms with van der Waals surface area (Å²) in [5, 5.41) is 0.618. The predicted molar refractivity (Wildman–Crippen MR) is 138 cm³/mol. The van der Waals surface area contributed by atoms with E-state index in [1.54, 1.807) is 11.0 Å². The quantitative estimate of drug-likeness (QED) is 0.571. The van der Waals surface area contributed by atoms with Crippen LogP contribution < -0.4 is 4.74 Å². The lowest BCUT2D eigenvalue weighted by atomic mass is 9.88. The molecule has 0 bridgehead atoms. The van der Waals surface area contributed by atoms with Gasteiger partial charge in [0.05, 0.1) is 0 Å². The Hall–Kier alpha value is -2.57. The minimum absolute atomic E-state index is 0.0622. The molecule has 7 heteroatoms. The van der Waals surface area contributed by atoms with Gasteiger partial charge >= 0.3 is 0 Å². The number of ether oxygens (including phenoxy) is 1. The van der Waals surface area contributed by atoms with E-state index in [1.807, 2.05) is 60.5 Å². The lowest BCUT2D eigenvalue weighted by Crippen LogP contribution is -2.51. The topological polar surface area (TPSA) is 53.1 Å². The highest BCUT2D eigenvalue weighted by molar-refractivity contribution is 6.30. The van der Waals surface area contributed by atoms with Crippen molar-refractivity contribution in [3.63, 3.8) is 0 Å². The van der Waals surface area contributed by atoms with E-state index in [0.29, 0.717) is 43.2 Å². The highest BCUT2D eigenvalue weighted by Gasteiger charge is 2.37. The number of benzene rings is 2. The summed E-state index contributed by atoms with van der Waals surface area (Å²) >= 11 is 6.17. The van der Waals surface area contributed by atoms with Crippen LogP contribution in [0.2, 0.25) is 5.02 Å². The molecule has 2 aliphatic rings. The first-order valence-electron chi connectivity index (χ1n) is 12.6. The van der Waals surface area contributed by atoms with Crippen molar-refractivity contribution in [3.8, 4) is 5.75 Å². The van der Waals surface area contributed by atoms with Crippen LogP contribution in [-0.2, 0) is 16.1 Å². The van der Waals surface area contributed by atoms with Crippen molar-refractivity contribution in [2.24, 2.45) is 11.8 Å². The third kappa shape index (κ3) is 6.98. The number of hydrogen-bond donors (Lipinski definition) is 0. The number of carbonyl (C=O) groups excluding carboxylic acids is 2. The molecule has 0 aromatic heterocycles. The van der Waals surface area contributed by atoms with E-state index in [1.165, 1.54) is 0 Å². The van der Waals surface area contributed by atoms with Gasteiger partial charge in [0.1, 0.15) is 11.9 Å². The number of nitrogens with zero attached hydrogens (tertiary/aromatic N) is 3. The fourth-order valence-electron chi connectivity index (χ4n) is 5.12. The molecular formula is C28H36ClN3O3. The molecule has 4 rings (SSSR count). The standard InChI is InChI=1S/C28H36ClN3O3/c1-30-14-11-22(12-15-30)28(34)32-16-13-26(35-25-10-6-9-24(29)18-25)23(20-32)17-27(33)31(2)19-21-7-4-3-5-8-21/h3-10,18,22-23,26H,11-17,19-20H2,1-2H3/t23-,26-/m0/s1. The zero-order valence-corrected chi connectivity index (χ0v) is 21.5. The van der Waals surface area contributed by atoms with Crippen molar-refractivity contribution < 1.29 is 14.3 Å². The van der Waals surface area contributed by atoms with Gasteiger partial charge in [-0.2, -0.15) is 0 Å². The Morgan fingerprint density at radius 2 is 1.77 bits per heavy atom. The molecule has 2 atom stereocenters. The van der Waals surface area contributed by atoms with E-state index in [4.69, 9.17) is 16.3 Å². The van der Waals surface area contributed by atoms with E-state index in [2.05, 4.69) is 11.9 Å². The first kappa shape index (κ1) is 25.5. The second-order valence-corrected chi connectivity index (χ2v) is 10.4. The molecule has 0 N–H and O–H groups in total. The summed E-state index contributed by atoms with van der Waals surface area (Å²) in [5.41, 5.74) is 1.10.